The number of nitrogens with two attached hydrogens (primary N) is 1. The van der Waals surface area contributed by atoms with Gasteiger partial charge in [-0.15, -0.1) is 12.4 Å². The quantitative estimate of drug-likeness (QED) is 0.657. The molecule has 0 bridgehead atoms. The highest BCUT2D eigenvalue weighted by molar-refractivity contribution is 5.94. The third-order valence-corrected chi connectivity index (χ3v) is 3.26. The van der Waals surface area contributed by atoms with E-state index >= 15 is 0 Å². The van der Waals surface area contributed by atoms with E-state index in [2.05, 4.69) is 10.6 Å². The van der Waals surface area contributed by atoms with E-state index in [1.54, 1.807) is 0 Å². The molecular formula is C15H22ClN3O3. The number of aryl methyl sites for hydroxylation is 1. The van der Waals surface area contributed by atoms with Crippen LogP contribution in [0.5, 0.6) is 5.75 Å². The van der Waals surface area contributed by atoms with Crippen LogP contribution in [0.1, 0.15) is 24.8 Å². The van der Waals surface area contributed by atoms with E-state index in [4.69, 9.17) is 10.5 Å². The van der Waals surface area contributed by atoms with Crippen molar-refractivity contribution in [2.45, 2.75) is 25.7 Å². The van der Waals surface area contributed by atoms with Gasteiger partial charge in [-0.25, -0.2) is 0 Å². The van der Waals surface area contributed by atoms with Gasteiger partial charge in [-0.2, -0.15) is 0 Å². The van der Waals surface area contributed by atoms with Gasteiger partial charge in [0.25, 0.3) is 0 Å². The first kappa shape index (κ1) is 18.3. The Morgan fingerprint density at radius 1 is 1.36 bits per heavy atom. The third kappa shape index (κ3) is 5.54. The molecule has 0 saturated carbocycles. The minimum absolute atomic E-state index is 0. The average Bonchev–Trinajstić information content (AvgIpc) is 2.49. The molecule has 6 nitrogen and oxygen atoms in total. The molecule has 2 amide bonds. The molecule has 4 N–H and O–H groups in total. The maximum atomic E-state index is 11.4. The monoisotopic (exact) mass is 327 g/mol. The number of ether oxygens (including phenoxy) is 1. The van der Waals surface area contributed by atoms with E-state index in [1.807, 2.05) is 18.2 Å². The maximum Gasteiger partial charge on any atom is 0.224 e. The van der Waals surface area contributed by atoms with Gasteiger partial charge in [0, 0.05) is 31.6 Å². The molecule has 0 aromatic heterocycles. The molecule has 1 aliphatic heterocycles. The minimum Gasteiger partial charge on any atom is -0.494 e. The highest BCUT2D eigenvalue weighted by Gasteiger charge is 2.14. The van der Waals surface area contributed by atoms with E-state index in [9.17, 15) is 9.59 Å². The van der Waals surface area contributed by atoms with Crippen molar-refractivity contribution in [2.75, 3.05) is 25.0 Å². The number of halogens is 1. The Morgan fingerprint density at radius 2 is 2.18 bits per heavy atom. The number of rotatable bonds is 7. The molecule has 1 aliphatic rings. The SMILES string of the molecule is Cl.NCCNC(=O)CCCOc1ccc2c(c1)CCC(=O)N2. The van der Waals surface area contributed by atoms with Gasteiger partial charge in [-0.1, -0.05) is 0 Å². The molecule has 0 unspecified atom stereocenters. The molecule has 2 rings (SSSR count). The Balaban J connectivity index is 0.00000242. The summed E-state index contributed by atoms with van der Waals surface area (Å²) in [6.45, 7) is 1.45. The molecular weight excluding hydrogens is 306 g/mol. The van der Waals surface area contributed by atoms with Gasteiger partial charge < -0.3 is 21.1 Å². The lowest BCUT2D eigenvalue weighted by molar-refractivity contribution is -0.121. The van der Waals surface area contributed by atoms with Gasteiger partial charge in [0.2, 0.25) is 11.8 Å². The molecule has 1 heterocycles. The summed E-state index contributed by atoms with van der Waals surface area (Å²) < 4.78 is 5.64. The summed E-state index contributed by atoms with van der Waals surface area (Å²) in [7, 11) is 0. The second-order valence-corrected chi connectivity index (χ2v) is 4.96. The number of nitrogens with one attached hydrogen (secondary N) is 2. The van der Waals surface area contributed by atoms with Gasteiger partial charge in [0.15, 0.2) is 0 Å². The highest BCUT2D eigenvalue weighted by Crippen LogP contribution is 2.26. The molecule has 0 atom stereocenters. The van der Waals surface area contributed by atoms with Gasteiger partial charge in [0.05, 0.1) is 6.61 Å². The van der Waals surface area contributed by atoms with Gasteiger partial charge in [-0.05, 0) is 36.6 Å². The van der Waals surface area contributed by atoms with E-state index in [0.717, 1.165) is 23.4 Å². The number of carbonyl (C=O) groups is 2. The molecule has 122 valence electrons. The van der Waals surface area contributed by atoms with Crippen molar-refractivity contribution < 1.29 is 14.3 Å². The van der Waals surface area contributed by atoms with Crippen LogP contribution in [0.4, 0.5) is 5.69 Å². The first-order valence-electron chi connectivity index (χ1n) is 7.21. The van der Waals surface area contributed by atoms with Crippen LogP contribution in [0, 0.1) is 0 Å². The van der Waals surface area contributed by atoms with Gasteiger partial charge >= 0.3 is 0 Å². The fourth-order valence-electron chi connectivity index (χ4n) is 2.17. The molecule has 22 heavy (non-hydrogen) atoms. The Labute approximate surface area is 136 Å². The van der Waals surface area contributed by atoms with Crippen molar-refractivity contribution in [1.82, 2.24) is 5.32 Å². The van der Waals surface area contributed by atoms with Crippen LogP contribution in [0.2, 0.25) is 0 Å². The van der Waals surface area contributed by atoms with Crippen LogP contribution in [-0.2, 0) is 16.0 Å². The molecule has 1 aromatic rings. The molecule has 0 aliphatic carbocycles. The van der Waals surface area contributed by atoms with Gasteiger partial charge in [-0.3, -0.25) is 9.59 Å². The summed E-state index contributed by atoms with van der Waals surface area (Å²) in [4.78, 5) is 22.6. The molecule has 0 spiro atoms. The lowest BCUT2D eigenvalue weighted by Crippen LogP contribution is -2.29. The predicted molar refractivity (Wildman–Crippen MR) is 87.4 cm³/mol. The minimum atomic E-state index is -0.00259. The number of benzene rings is 1. The number of carbonyl (C=O) groups excluding carboxylic acids is 2. The molecule has 7 heteroatoms. The van der Waals surface area contributed by atoms with Crippen molar-refractivity contribution in [2.24, 2.45) is 5.73 Å². The maximum absolute atomic E-state index is 11.4. The summed E-state index contributed by atoms with van der Waals surface area (Å²) >= 11 is 0. The fourth-order valence-corrected chi connectivity index (χ4v) is 2.17. The van der Waals surface area contributed by atoms with Crippen LogP contribution < -0.4 is 21.1 Å². The Hall–Kier alpha value is -1.79. The van der Waals surface area contributed by atoms with Crippen LogP contribution >= 0.6 is 12.4 Å². The second-order valence-electron chi connectivity index (χ2n) is 4.96. The normalized spacial score (nSPS) is 12.7. The number of hydrogen-bond acceptors (Lipinski definition) is 4. The standard InChI is InChI=1S/C15H21N3O3.ClH/c16-7-8-17-14(19)2-1-9-21-12-4-5-13-11(10-12)3-6-15(20)18-13;/h4-5,10H,1-3,6-9,16H2,(H,17,19)(H,18,20);1H. The van der Waals surface area contributed by atoms with Crippen molar-refractivity contribution in [1.29, 1.82) is 0 Å². The van der Waals surface area contributed by atoms with Gasteiger partial charge in [0.1, 0.15) is 5.75 Å². The van der Waals surface area contributed by atoms with Crippen LogP contribution in [-0.4, -0.2) is 31.5 Å². The van der Waals surface area contributed by atoms with Crippen LogP contribution in [0.25, 0.3) is 0 Å². The van der Waals surface area contributed by atoms with Crippen LogP contribution in [0.15, 0.2) is 18.2 Å². The lowest BCUT2D eigenvalue weighted by atomic mass is 10.0. The summed E-state index contributed by atoms with van der Waals surface area (Å²) in [6, 6.07) is 5.64. The summed E-state index contributed by atoms with van der Waals surface area (Å²) in [6.07, 6.45) is 2.34. The summed E-state index contributed by atoms with van der Waals surface area (Å²) in [5.74, 6) is 0.823. The molecule has 0 saturated heterocycles. The first-order chi connectivity index (χ1) is 10.2. The predicted octanol–water partition coefficient (Wildman–Crippen LogP) is 1.23. The van der Waals surface area contributed by atoms with Crippen molar-refractivity contribution in [3.8, 4) is 5.75 Å². The summed E-state index contributed by atoms with van der Waals surface area (Å²) in [5, 5.41) is 5.55. The zero-order chi connectivity index (χ0) is 15.1. The second kappa shape index (κ2) is 9.27. The third-order valence-electron chi connectivity index (χ3n) is 3.26. The number of amides is 2. The van der Waals surface area contributed by atoms with Crippen molar-refractivity contribution >= 4 is 29.9 Å². The number of anilines is 1. The van der Waals surface area contributed by atoms with E-state index < -0.39 is 0 Å². The number of fused-ring (bicyclic) bond motifs is 1. The Bertz CT molecular complexity index is 523. The Morgan fingerprint density at radius 3 is 2.95 bits per heavy atom. The largest absolute Gasteiger partial charge is 0.494 e. The van der Waals surface area contributed by atoms with E-state index in [-0.39, 0.29) is 24.2 Å². The summed E-state index contributed by atoms with van der Waals surface area (Å²) in [5.41, 5.74) is 7.26. The zero-order valence-corrected chi connectivity index (χ0v) is 13.2. The van der Waals surface area contributed by atoms with Crippen molar-refractivity contribution in [3.05, 3.63) is 23.8 Å². The highest BCUT2D eigenvalue weighted by atomic mass is 35.5. The molecule has 0 fully saturated rings. The number of hydrogen-bond donors (Lipinski definition) is 3. The smallest absolute Gasteiger partial charge is 0.224 e. The molecule has 0 radical (unpaired) electrons. The van der Waals surface area contributed by atoms with Crippen molar-refractivity contribution in [3.63, 3.8) is 0 Å². The van der Waals surface area contributed by atoms with E-state index in [0.29, 0.717) is 39.0 Å². The Kier molecular flexibility index (Phi) is 7.70. The topological polar surface area (TPSA) is 93.4 Å². The first-order valence-corrected chi connectivity index (χ1v) is 7.21. The van der Waals surface area contributed by atoms with Crippen LogP contribution in [0.3, 0.4) is 0 Å². The zero-order valence-electron chi connectivity index (χ0n) is 12.4. The molecule has 1 aromatic carbocycles. The van der Waals surface area contributed by atoms with E-state index in [1.165, 1.54) is 0 Å². The lowest BCUT2D eigenvalue weighted by Gasteiger charge is -2.17. The fraction of sp³-hybridized carbons (Fsp3) is 0.467. The average molecular weight is 328 g/mol.